The van der Waals surface area contributed by atoms with Crippen LogP contribution in [0.1, 0.15) is 12.5 Å². The van der Waals surface area contributed by atoms with Gasteiger partial charge in [0.1, 0.15) is 0 Å². The molecule has 0 saturated carbocycles. The number of rotatable bonds is 4. The van der Waals surface area contributed by atoms with Crippen LogP contribution < -0.4 is 16.4 Å². The van der Waals surface area contributed by atoms with Crippen molar-refractivity contribution in [1.29, 1.82) is 0 Å². The third kappa shape index (κ3) is 2.62. The molecule has 15 heavy (non-hydrogen) atoms. The number of primary amides is 1. The van der Waals surface area contributed by atoms with Crippen molar-refractivity contribution in [2.24, 2.45) is 5.73 Å². The molecule has 0 atom stereocenters. The lowest BCUT2D eigenvalue weighted by atomic mass is 10.1. The average Bonchev–Trinajstić information content (AvgIpc) is 2.15. The van der Waals surface area contributed by atoms with E-state index in [0.29, 0.717) is 12.2 Å². The van der Waals surface area contributed by atoms with E-state index in [9.17, 15) is 4.79 Å². The van der Waals surface area contributed by atoms with Crippen LogP contribution >= 0.6 is 0 Å². The van der Waals surface area contributed by atoms with Gasteiger partial charge < -0.3 is 16.4 Å². The Kier molecular flexibility index (Phi) is 3.55. The summed E-state index contributed by atoms with van der Waals surface area (Å²) in [6, 6.07) is 5.69. The molecule has 82 valence electrons. The van der Waals surface area contributed by atoms with Crippen LogP contribution in [0.2, 0.25) is 0 Å². The largest absolute Gasteiger partial charge is 0.397 e. The molecule has 0 heterocycles. The highest BCUT2D eigenvalue weighted by atomic mass is 16.1. The van der Waals surface area contributed by atoms with E-state index in [0.717, 1.165) is 11.3 Å². The Bertz CT molecular complexity index is 343. The van der Waals surface area contributed by atoms with Gasteiger partial charge in [0.2, 0.25) is 5.91 Å². The maximum atomic E-state index is 10.9. The zero-order valence-electron chi connectivity index (χ0n) is 9.16. The minimum absolute atomic E-state index is 0.200. The van der Waals surface area contributed by atoms with Crippen LogP contribution in [0.15, 0.2) is 18.2 Å². The van der Waals surface area contributed by atoms with Gasteiger partial charge in [-0.2, -0.15) is 0 Å². The van der Waals surface area contributed by atoms with Crippen LogP contribution in [0.4, 0.5) is 11.4 Å². The molecule has 1 aromatic rings. The number of benzene rings is 1. The van der Waals surface area contributed by atoms with Crippen molar-refractivity contribution in [1.82, 2.24) is 0 Å². The minimum Gasteiger partial charge on any atom is -0.397 e. The van der Waals surface area contributed by atoms with E-state index in [1.54, 1.807) is 0 Å². The molecule has 0 aliphatic rings. The van der Waals surface area contributed by atoms with E-state index in [-0.39, 0.29) is 12.5 Å². The van der Waals surface area contributed by atoms with Crippen LogP contribution in [-0.4, -0.2) is 19.0 Å². The number of carbonyl (C=O) groups is 1. The quantitative estimate of drug-likeness (QED) is 0.720. The Morgan fingerprint density at radius 3 is 2.60 bits per heavy atom. The second-order valence-electron chi connectivity index (χ2n) is 3.49. The third-order valence-corrected chi connectivity index (χ3v) is 2.31. The van der Waals surface area contributed by atoms with E-state index in [1.165, 1.54) is 0 Å². The fraction of sp³-hybridized carbons (Fsp3) is 0.364. The number of nitrogens with two attached hydrogens (primary N) is 2. The van der Waals surface area contributed by atoms with E-state index < -0.39 is 0 Å². The number of para-hydroxylation sites is 1. The van der Waals surface area contributed by atoms with Crippen LogP contribution in [0.3, 0.4) is 0 Å². The predicted octanol–water partition coefficient (Wildman–Crippen LogP) is 0.889. The van der Waals surface area contributed by atoms with Crippen molar-refractivity contribution >= 4 is 17.3 Å². The summed E-state index contributed by atoms with van der Waals surface area (Å²) in [5.41, 5.74) is 13.7. The molecule has 4 heteroatoms. The number of carbonyl (C=O) groups excluding carboxylic acids is 1. The Morgan fingerprint density at radius 2 is 2.13 bits per heavy atom. The second-order valence-corrected chi connectivity index (χ2v) is 3.49. The highest BCUT2D eigenvalue weighted by Crippen LogP contribution is 2.26. The Balaban J connectivity index is 3.05. The molecule has 4 N–H and O–H groups in total. The molecule has 0 saturated heterocycles. The molecule has 0 radical (unpaired) electrons. The van der Waals surface area contributed by atoms with Gasteiger partial charge in [-0.25, -0.2) is 0 Å². The molecule has 0 aliphatic carbocycles. The second kappa shape index (κ2) is 4.68. The third-order valence-electron chi connectivity index (χ3n) is 2.31. The number of nitrogens with zero attached hydrogens (tertiary/aromatic N) is 1. The van der Waals surface area contributed by atoms with Crippen molar-refractivity contribution in [3.05, 3.63) is 23.8 Å². The van der Waals surface area contributed by atoms with E-state index in [2.05, 4.69) is 0 Å². The van der Waals surface area contributed by atoms with Crippen LogP contribution in [0.5, 0.6) is 0 Å². The number of hydrogen-bond donors (Lipinski definition) is 2. The first-order valence-corrected chi connectivity index (χ1v) is 4.94. The first-order valence-electron chi connectivity index (χ1n) is 4.94. The number of anilines is 2. The van der Waals surface area contributed by atoms with Crippen LogP contribution in [-0.2, 0) is 4.79 Å². The zero-order valence-corrected chi connectivity index (χ0v) is 9.16. The van der Waals surface area contributed by atoms with Gasteiger partial charge in [-0.3, -0.25) is 4.79 Å². The van der Waals surface area contributed by atoms with E-state index in [4.69, 9.17) is 11.5 Å². The van der Waals surface area contributed by atoms with Gasteiger partial charge in [-0.1, -0.05) is 12.1 Å². The highest BCUT2D eigenvalue weighted by molar-refractivity contribution is 5.82. The van der Waals surface area contributed by atoms with Crippen LogP contribution in [0, 0.1) is 6.92 Å². The van der Waals surface area contributed by atoms with Crippen molar-refractivity contribution in [2.75, 3.05) is 23.7 Å². The number of amides is 1. The topological polar surface area (TPSA) is 72.3 Å². The molecule has 1 amide bonds. The summed E-state index contributed by atoms with van der Waals surface area (Å²) in [7, 11) is 0. The zero-order chi connectivity index (χ0) is 11.4. The molecule has 0 unspecified atom stereocenters. The summed E-state index contributed by atoms with van der Waals surface area (Å²) < 4.78 is 0. The number of aryl methyl sites for hydroxylation is 1. The normalized spacial score (nSPS) is 10.0. The molecular formula is C11H17N3O. The summed E-state index contributed by atoms with van der Waals surface area (Å²) in [5, 5.41) is 0. The summed E-state index contributed by atoms with van der Waals surface area (Å²) in [6.07, 6.45) is 0. The minimum atomic E-state index is -0.348. The Hall–Kier alpha value is -1.71. The maximum absolute atomic E-state index is 10.9. The van der Waals surface area contributed by atoms with Crippen molar-refractivity contribution in [3.8, 4) is 0 Å². The molecular weight excluding hydrogens is 190 g/mol. The maximum Gasteiger partial charge on any atom is 0.236 e. The molecule has 0 aromatic heterocycles. The number of hydrogen-bond acceptors (Lipinski definition) is 3. The van der Waals surface area contributed by atoms with Gasteiger partial charge in [-0.15, -0.1) is 0 Å². The summed E-state index contributed by atoms with van der Waals surface area (Å²) in [4.78, 5) is 12.8. The molecule has 0 spiro atoms. The van der Waals surface area contributed by atoms with Gasteiger partial charge in [0.15, 0.2) is 0 Å². The fourth-order valence-corrected chi connectivity index (χ4v) is 1.65. The van der Waals surface area contributed by atoms with Gasteiger partial charge in [-0.05, 0) is 25.5 Å². The van der Waals surface area contributed by atoms with Crippen molar-refractivity contribution < 1.29 is 4.79 Å². The molecule has 0 fully saturated rings. The Labute approximate surface area is 89.9 Å². The first-order chi connectivity index (χ1) is 7.06. The fourth-order valence-electron chi connectivity index (χ4n) is 1.65. The van der Waals surface area contributed by atoms with Crippen molar-refractivity contribution in [2.45, 2.75) is 13.8 Å². The Morgan fingerprint density at radius 1 is 1.47 bits per heavy atom. The predicted molar refractivity (Wildman–Crippen MR) is 62.7 cm³/mol. The average molecular weight is 207 g/mol. The van der Waals surface area contributed by atoms with Gasteiger partial charge in [0.05, 0.1) is 17.9 Å². The lowest BCUT2D eigenvalue weighted by Crippen LogP contribution is -2.34. The summed E-state index contributed by atoms with van der Waals surface area (Å²) >= 11 is 0. The molecule has 4 nitrogen and oxygen atoms in total. The SMILES string of the molecule is CCN(CC(N)=O)c1c(C)cccc1N. The first kappa shape index (κ1) is 11.4. The molecule has 0 aliphatic heterocycles. The van der Waals surface area contributed by atoms with Gasteiger partial charge in [0.25, 0.3) is 0 Å². The standard InChI is InChI=1S/C11H17N3O/c1-3-14(7-10(13)15)11-8(2)5-4-6-9(11)12/h4-6H,3,7,12H2,1-2H3,(H2,13,15). The van der Waals surface area contributed by atoms with E-state index in [1.807, 2.05) is 36.9 Å². The van der Waals surface area contributed by atoms with Gasteiger partial charge in [0, 0.05) is 6.54 Å². The number of nitrogen functional groups attached to an aromatic ring is 1. The molecule has 1 aromatic carbocycles. The number of likely N-dealkylation sites (N-methyl/N-ethyl adjacent to an activating group) is 1. The van der Waals surface area contributed by atoms with Gasteiger partial charge >= 0.3 is 0 Å². The van der Waals surface area contributed by atoms with Crippen molar-refractivity contribution in [3.63, 3.8) is 0 Å². The van der Waals surface area contributed by atoms with E-state index >= 15 is 0 Å². The highest BCUT2D eigenvalue weighted by Gasteiger charge is 2.12. The molecule has 0 bridgehead atoms. The molecule has 1 rings (SSSR count). The lowest BCUT2D eigenvalue weighted by Gasteiger charge is -2.24. The monoisotopic (exact) mass is 207 g/mol. The summed E-state index contributed by atoms with van der Waals surface area (Å²) in [5.74, 6) is -0.348. The lowest BCUT2D eigenvalue weighted by molar-refractivity contribution is -0.116. The van der Waals surface area contributed by atoms with Crippen LogP contribution in [0.25, 0.3) is 0 Å². The summed E-state index contributed by atoms with van der Waals surface area (Å²) in [6.45, 7) is 4.84. The smallest absolute Gasteiger partial charge is 0.236 e.